The number of nitrogens with one attached hydrogen (secondary N) is 2. The van der Waals surface area contributed by atoms with Gasteiger partial charge in [0.15, 0.2) is 0 Å². The van der Waals surface area contributed by atoms with Crippen molar-refractivity contribution in [1.29, 1.82) is 0 Å². The number of hydrogen-bond acceptors (Lipinski definition) is 3. The number of carbonyl (C=O) groups excluding carboxylic acids is 1. The van der Waals surface area contributed by atoms with E-state index in [9.17, 15) is 4.79 Å². The van der Waals surface area contributed by atoms with Gasteiger partial charge in [0, 0.05) is 23.3 Å². The molecule has 0 aliphatic heterocycles. The van der Waals surface area contributed by atoms with Gasteiger partial charge >= 0.3 is 0 Å². The van der Waals surface area contributed by atoms with Crippen molar-refractivity contribution < 1.29 is 9.53 Å². The summed E-state index contributed by atoms with van der Waals surface area (Å²) in [5.41, 5.74) is 2.59. The summed E-state index contributed by atoms with van der Waals surface area (Å²) in [6.45, 7) is 0.519. The number of benzene rings is 3. The molecule has 3 aromatic carbocycles. The summed E-state index contributed by atoms with van der Waals surface area (Å²) in [6.07, 6.45) is 0. The number of rotatable bonds is 7. The van der Waals surface area contributed by atoms with Gasteiger partial charge in [-0.15, -0.1) is 0 Å². The normalized spacial score (nSPS) is 11.6. The number of methoxy groups -OCH3 is 1. The van der Waals surface area contributed by atoms with E-state index in [0.29, 0.717) is 23.0 Å². The number of halogens is 1. The molecule has 4 nitrogen and oxygen atoms in total. The Balaban J connectivity index is 1.77. The molecular weight excluding hydrogens is 360 g/mol. The summed E-state index contributed by atoms with van der Waals surface area (Å²) in [4.78, 5) is 13.0. The zero-order valence-corrected chi connectivity index (χ0v) is 15.7. The Morgan fingerprint density at radius 2 is 1.78 bits per heavy atom. The second-order valence-electron chi connectivity index (χ2n) is 6.08. The molecule has 0 bridgehead atoms. The molecule has 3 aromatic rings. The number of hydrogen-bond donors (Lipinski definition) is 2. The van der Waals surface area contributed by atoms with Crippen LogP contribution in [0.15, 0.2) is 78.9 Å². The first-order valence-electron chi connectivity index (χ1n) is 8.63. The van der Waals surface area contributed by atoms with Crippen molar-refractivity contribution in [2.75, 3.05) is 12.4 Å². The fourth-order valence-electron chi connectivity index (χ4n) is 2.79. The molecule has 27 heavy (non-hydrogen) atoms. The van der Waals surface area contributed by atoms with Crippen LogP contribution in [0.5, 0.6) is 5.75 Å². The lowest BCUT2D eigenvalue weighted by Crippen LogP contribution is -2.32. The molecule has 2 N–H and O–H groups in total. The average molecular weight is 381 g/mol. The topological polar surface area (TPSA) is 50.4 Å². The van der Waals surface area contributed by atoms with Crippen LogP contribution in [0.4, 0.5) is 5.69 Å². The first-order valence-corrected chi connectivity index (χ1v) is 9.01. The number of amides is 1. The van der Waals surface area contributed by atoms with Crippen LogP contribution in [0.25, 0.3) is 0 Å². The van der Waals surface area contributed by atoms with Gasteiger partial charge in [-0.05, 0) is 35.4 Å². The summed E-state index contributed by atoms with van der Waals surface area (Å²) in [5.74, 6) is 0.549. The largest absolute Gasteiger partial charge is 0.497 e. The van der Waals surface area contributed by atoms with Crippen molar-refractivity contribution in [3.63, 3.8) is 0 Å². The Morgan fingerprint density at radius 3 is 2.52 bits per heavy atom. The molecule has 0 radical (unpaired) electrons. The molecular formula is C22H21ClN2O2. The quantitative estimate of drug-likeness (QED) is 0.618. The van der Waals surface area contributed by atoms with Crippen molar-refractivity contribution in [3.05, 3.63) is 95.0 Å². The number of carbonyl (C=O) groups is 1. The number of ether oxygens (including phenoxy) is 1. The fraction of sp³-hybridized carbons (Fsp3) is 0.136. The third-order valence-corrected chi connectivity index (χ3v) is 4.37. The van der Waals surface area contributed by atoms with Crippen molar-refractivity contribution in [2.24, 2.45) is 0 Å². The van der Waals surface area contributed by atoms with Gasteiger partial charge in [0.05, 0.1) is 7.11 Å². The second kappa shape index (κ2) is 9.21. The highest BCUT2D eigenvalue weighted by atomic mass is 35.5. The molecule has 1 amide bonds. The van der Waals surface area contributed by atoms with Crippen molar-refractivity contribution in [1.82, 2.24) is 5.32 Å². The van der Waals surface area contributed by atoms with Gasteiger partial charge in [-0.1, -0.05) is 60.1 Å². The van der Waals surface area contributed by atoms with E-state index in [-0.39, 0.29) is 5.91 Å². The first-order chi connectivity index (χ1) is 13.2. The van der Waals surface area contributed by atoms with E-state index in [1.807, 2.05) is 72.8 Å². The minimum atomic E-state index is -0.503. The van der Waals surface area contributed by atoms with Gasteiger partial charge in [-0.25, -0.2) is 0 Å². The molecule has 0 aromatic heterocycles. The lowest BCUT2D eigenvalue weighted by atomic mass is 10.1. The zero-order valence-electron chi connectivity index (χ0n) is 15.0. The summed E-state index contributed by atoms with van der Waals surface area (Å²) in [5, 5.41) is 6.95. The maximum Gasteiger partial charge on any atom is 0.246 e. The second-order valence-corrected chi connectivity index (χ2v) is 6.51. The van der Waals surface area contributed by atoms with Crippen LogP contribution in [0.3, 0.4) is 0 Å². The minimum Gasteiger partial charge on any atom is -0.497 e. The van der Waals surface area contributed by atoms with Crippen LogP contribution in [-0.4, -0.2) is 13.0 Å². The van der Waals surface area contributed by atoms with Gasteiger partial charge in [0.2, 0.25) is 5.91 Å². The highest BCUT2D eigenvalue weighted by Gasteiger charge is 2.20. The third kappa shape index (κ3) is 5.33. The Labute approximate surface area is 164 Å². The van der Waals surface area contributed by atoms with Gasteiger partial charge in [-0.2, -0.15) is 0 Å². The molecule has 0 saturated heterocycles. The monoisotopic (exact) mass is 380 g/mol. The van der Waals surface area contributed by atoms with Gasteiger partial charge < -0.3 is 10.1 Å². The Bertz CT molecular complexity index is 900. The van der Waals surface area contributed by atoms with Gasteiger partial charge in [0.25, 0.3) is 0 Å². The van der Waals surface area contributed by atoms with Gasteiger partial charge in [0.1, 0.15) is 11.8 Å². The van der Waals surface area contributed by atoms with E-state index in [0.717, 1.165) is 11.1 Å². The summed E-state index contributed by atoms with van der Waals surface area (Å²) in [6, 6.07) is 24.0. The smallest absolute Gasteiger partial charge is 0.246 e. The summed E-state index contributed by atoms with van der Waals surface area (Å²) in [7, 11) is 1.60. The lowest BCUT2D eigenvalue weighted by Gasteiger charge is -2.19. The van der Waals surface area contributed by atoms with Crippen LogP contribution in [0, 0.1) is 0 Å². The van der Waals surface area contributed by atoms with Crippen molar-refractivity contribution in [2.45, 2.75) is 12.6 Å². The predicted molar refractivity (Wildman–Crippen MR) is 109 cm³/mol. The van der Waals surface area contributed by atoms with Crippen LogP contribution >= 0.6 is 11.6 Å². The lowest BCUT2D eigenvalue weighted by molar-refractivity contribution is -0.118. The Morgan fingerprint density at radius 1 is 1.00 bits per heavy atom. The summed E-state index contributed by atoms with van der Waals surface area (Å²) >= 11 is 6.06. The molecule has 3 rings (SSSR count). The summed E-state index contributed by atoms with van der Waals surface area (Å²) < 4.78 is 5.22. The van der Waals surface area contributed by atoms with Crippen LogP contribution in [0.2, 0.25) is 5.02 Å². The SMILES string of the molecule is COc1cccc(NC(=O)[C@H](NCc2cccc(Cl)c2)c2ccccc2)c1. The molecule has 138 valence electrons. The molecule has 0 heterocycles. The maximum absolute atomic E-state index is 13.0. The Kier molecular flexibility index (Phi) is 6.47. The average Bonchev–Trinajstić information content (AvgIpc) is 2.69. The molecule has 0 spiro atoms. The third-order valence-electron chi connectivity index (χ3n) is 4.13. The molecule has 0 aliphatic carbocycles. The number of anilines is 1. The predicted octanol–water partition coefficient (Wildman–Crippen LogP) is 4.82. The highest BCUT2D eigenvalue weighted by molar-refractivity contribution is 6.30. The van der Waals surface area contributed by atoms with E-state index < -0.39 is 6.04 Å². The molecule has 1 atom stereocenters. The van der Waals surface area contributed by atoms with E-state index >= 15 is 0 Å². The molecule has 0 aliphatic rings. The standard InChI is InChI=1S/C22H21ClN2O2/c1-27-20-12-6-11-19(14-20)25-22(26)21(17-8-3-2-4-9-17)24-15-16-7-5-10-18(23)13-16/h2-14,21,24H,15H2,1H3,(H,25,26)/t21-/m1/s1. The van der Waals surface area contributed by atoms with Crippen LogP contribution in [0.1, 0.15) is 17.2 Å². The van der Waals surface area contributed by atoms with E-state index in [1.165, 1.54) is 0 Å². The molecule has 0 unspecified atom stereocenters. The molecule has 5 heteroatoms. The van der Waals surface area contributed by atoms with E-state index in [4.69, 9.17) is 16.3 Å². The van der Waals surface area contributed by atoms with Crippen LogP contribution < -0.4 is 15.4 Å². The minimum absolute atomic E-state index is 0.142. The molecule has 0 fully saturated rings. The Hall–Kier alpha value is -2.82. The van der Waals surface area contributed by atoms with Crippen LogP contribution in [-0.2, 0) is 11.3 Å². The van der Waals surface area contributed by atoms with Crippen molar-refractivity contribution in [3.8, 4) is 5.75 Å². The molecule has 0 saturated carbocycles. The fourth-order valence-corrected chi connectivity index (χ4v) is 3.00. The van der Waals surface area contributed by atoms with E-state index in [2.05, 4.69) is 10.6 Å². The van der Waals surface area contributed by atoms with Crippen molar-refractivity contribution >= 4 is 23.2 Å². The van der Waals surface area contributed by atoms with Gasteiger partial charge in [-0.3, -0.25) is 10.1 Å². The maximum atomic E-state index is 13.0. The zero-order chi connectivity index (χ0) is 19.1. The van der Waals surface area contributed by atoms with E-state index in [1.54, 1.807) is 13.2 Å². The first kappa shape index (κ1) is 19.0. The highest BCUT2D eigenvalue weighted by Crippen LogP contribution is 2.20.